The third-order valence-corrected chi connectivity index (χ3v) is 5.46. The zero-order valence-corrected chi connectivity index (χ0v) is 20.1. The number of carbonyl (C=O) groups is 1. The summed E-state index contributed by atoms with van der Waals surface area (Å²) in [5.41, 5.74) is 0.742. The van der Waals surface area contributed by atoms with Crippen molar-refractivity contribution in [1.82, 2.24) is 24.1 Å². The summed E-state index contributed by atoms with van der Waals surface area (Å²) in [4.78, 5) is 48.2. The van der Waals surface area contributed by atoms with Crippen LogP contribution < -0.4 is 21.4 Å². The van der Waals surface area contributed by atoms with E-state index in [2.05, 4.69) is 20.3 Å². The van der Waals surface area contributed by atoms with Gasteiger partial charge in [-0.25, -0.2) is 28.9 Å². The Hall–Kier alpha value is -4.51. The second kappa shape index (κ2) is 10.4. The van der Waals surface area contributed by atoms with Crippen molar-refractivity contribution in [2.45, 2.75) is 26.9 Å². The summed E-state index contributed by atoms with van der Waals surface area (Å²) in [5.74, 6) is -0.500. The van der Waals surface area contributed by atoms with E-state index < -0.39 is 17.3 Å². The largest absolute Gasteiger partial charge is 0.476 e. The van der Waals surface area contributed by atoms with Crippen LogP contribution in [0.15, 0.2) is 64.4 Å². The minimum Gasteiger partial charge on any atom is -0.476 e. The molecule has 0 bridgehead atoms. The number of hydrogen-bond donors (Lipinski definition) is 2. The number of aromatic nitrogens is 5. The fourth-order valence-electron chi connectivity index (χ4n) is 3.37. The number of aromatic carboxylic acids is 1. The second-order valence-corrected chi connectivity index (χ2v) is 8.15. The third kappa shape index (κ3) is 5.41. The number of aryl methyl sites for hydroxylation is 1. The molecular formula is C24H21ClN6O5. The molecule has 12 heteroatoms. The number of anilines is 2. The van der Waals surface area contributed by atoms with E-state index in [1.807, 2.05) is 0 Å². The number of carboxylic acid groups (broad SMARTS) is 1. The lowest BCUT2D eigenvalue weighted by Crippen LogP contribution is -2.42. The maximum Gasteiger partial charge on any atom is 0.356 e. The van der Waals surface area contributed by atoms with Gasteiger partial charge in [-0.1, -0.05) is 23.7 Å². The summed E-state index contributed by atoms with van der Waals surface area (Å²) < 4.78 is 8.14. The van der Waals surface area contributed by atoms with Gasteiger partial charge in [0.1, 0.15) is 5.75 Å². The highest BCUT2D eigenvalue weighted by atomic mass is 35.5. The molecule has 0 radical (unpaired) electrons. The average Bonchev–Trinajstić information content (AvgIpc) is 2.85. The number of hydrogen-bond acceptors (Lipinski definition) is 8. The minimum atomic E-state index is -1.18. The summed E-state index contributed by atoms with van der Waals surface area (Å²) >= 11 is 5.97. The van der Waals surface area contributed by atoms with Crippen LogP contribution in [0.4, 0.5) is 11.6 Å². The van der Waals surface area contributed by atoms with Crippen molar-refractivity contribution in [3.63, 3.8) is 0 Å². The van der Waals surface area contributed by atoms with Gasteiger partial charge in [-0.15, -0.1) is 0 Å². The molecule has 0 amide bonds. The Morgan fingerprint density at radius 1 is 1.08 bits per heavy atom. The first-order valence-corrected chi connectivity index (χ1v) is 11.2. The van der Waals surface area contributed by atoms with Crippen LogP contribution in [-0.2, 0) is 13.1 Å². The van der Waals surface area contributed by atoms with Gasteiger partial charge in [-0.05, 0) is 55.3 Å². The van der Waals surface area contributed by atoms with Crippen LogP contribution in [0.3, 0.4) is 0 Å². The van der Waals surface area contributed by atoms with Crippen molar-refractivity contribution in [2.24, 2.45) is 0 Å². The average molecular weight is 509 g/mol. The highest BCUT2D eigenvalue weighted by Crippen LogP contribution is 2.27. The van der Waals surface area contributed by atoms with Gasteiger partial charge >= 0.3 is 17.3 Å². The van der Waals surface area contributed by atoms with Gasteiger partial charge in [0.05, 0.1) is 18.9 Å². The molecule has 2 N–H and O–H groups in total. The van der Waals surface area contributed by atoms with Crippen molar-refractivity contribution in [3.8, 4) is 11.6 Å². The van der Waals surface area contributed by atoms with E-state index in [0.29, 0.717) is 22.0 Å². The van der Waals surface area contributed by atoms with E-state index in [9.17, 15) is 14.4 Å². The molecule has 0 aliphatic rings. The number of halogens is 1. The maximum atomic E-state index is 13.0. The summed E-state index contributed by atoms with van der Waals surface area (Å²) in [5, 5.41) is 12.6. The molecule has 0 aliphatic carbocycles. The molecule has 0 saturated heterocycles. The molecule has 2 heterocycles. The van der Waals surface area contributed by atoms with E-state index in [1.165, 1.54) is 10.8 Å². The van der Waals surface area contributed by atoms with Gasteiger partial charge in [-0.3, -0.25) is 4.57 Å². The molecule has 0 saturated carbocycles. The zero-order chi connectivity index (χ0) is 25.8. The van der Waals surface area contributed by atoms with E-state index in [1.54, 1.807) is 56.3 Å². The van der Waals surface area contributed by atoms with Gasteiger partial charge in [-0.2, -0.15) is 4.98 Å². The highest BCUT2D eigenvalue weighted by molar-refractivity contribution is 6.30. The first kappa shape index (κ1) is 24.6. The Bertz CT molecular complexity index is 1530. The monoisotopic (exact) mass is 508 g/mol. The Morgan fingerprint density at radius 3 is 2.44 bits per heavy atom. The van der Waals surface area contributed by atoms with E-state index in [-0.39, 0.29) is 30.6 Å². The van der Waals surface area contributed by atoms with Crippen molar-refractivity contribution in [2.75, 3.05) is 5.32 Å². The van der Waals surface area contributed by atoms with Crippen molar-refractivity contribution in [3.05, 3.63) is 97.7 Å². The smallest absolute Gasteiger partial charge is 0.356 e. The van der Waals surface area contributed by atoms with Crippen molar-refractivity contribution < 1.29 is 14.6 Å². The minimum absolute atomic E-state index is 0.0906. The number of nitrogens with one attached hydrogen (secondary N) is 1. The van der Waals surface area contributed by atoms with Crippen LogP contribution >= 0.6 is 11.6 Å². The second-order valence-electron chi connectivity index (χ2n) is 7.71. The topological polar surface area (TPSA) is 141 Å². The molecule has 0 aliphatic heterocycles. The van der Waals surface area contributed by atoms with Gasteiger partial charge in [0.25, 0.3) is 0 Å². The SMILES string of the molecule is CCn1c(=O)nc(Nc2ccc(Oc3cnc(C(=O)O)cn3)c(C)c2)n(Cc2ccc(Cl)cc2)c1=O. The third-order valence-electron chi connectivity index (χ3n) is 5.21. The first-order valence-electron chi connectivity index (χ1n) is 10.8. The molecule has 4 aromatic rings. The fourth-order valence-corrected chi connectivity index (χ4v) is 3.50. The molecular weight excluding hydrogens is 488 g/mol. The quantitative estimate of drug-likeness (QED) is 0.366. The van der Waals surface area contributed by atoms with Crippen LogP contribution in [0, 0.1) is 6.92 Å². The lowest BCUT2D eigenvalue weighted by molar-refractivity contribution is 0.0690. The van der Waals surface area contributed by atoms with Crippen LogP contribution in [0.1, 0.15) is 28.5 Å². The normalized spacial score (nSPS) is 10.8. The molecule has 0 atom stereocenters. The fraction of sp³-hybridized carbons (Fsp3) is 0.167. The molecule has 2 aromatic heterocycles. The standard InChI is InChI=1S/C24H21ClN6O5/c1-3-30-23(34)29-22(31(24(30)35)13-15-4-6-16(25)7-5-15)28-17-8-9-19(14(2)10-17)36-20-12-26-18(11-27-20)21(32)33/h4-12H,3,13H2,1-2H3,(H,32,33)(H,28,29,34). The molecule has 0 spiro atoms. The molecule has 36 heavy (non-hydrogen) atoms. The van der Waals surface area contributed by atoms with Crippen LogP contribution in [0.5, 0.6) is 11.6 Å². The highest BCUT2D eigenvalue weighted by Gasteiger charge is 2.14. The summed E-state index contributed by atoms with van der Waals surface area (Å²) in [6, 6.07) is 12.1. The summed E-state index contributed by atoms with van der Waals surface area (Å²) in [6.45, 7) is 3.86. The molecule has 0 unspecified atom stereocenters. The predicted octanol–water partition coefficient (Wildman–Crippen LogP) is 3.46. The van der Waals surface area contributed by atoms with Crippen molar-refractivity contribution >= 4 is 29.2 Å². The number of benzene rings is 2. The summed E-state index contributed by atoms with van der Waals surface area (Å²) in [7, 11) is 0. The first-order chi connectivity index (χ1) is 17.2. The Kier molecular flexibility index (Phi) is 7.11. The number of ether oxygens (including phenoxy) is 1. The van der Waals surface area contributed by atoms with Gasteiger partial charge in [0, 0.05) is 17.3 Å². The van der Waals surface area contributed by atoms with Crippen LogP contribution in [0.25, 0.3) is 0 Å². The molecule has 4 rings (SSSR count). The van der Waals surface area contributed by atoms with Crippen LogP contribution in [-0.4, -0.2) is 35.2 Å². The number of carboxylic acids is 1. The summed E-state index contributed by atoms with van der Waals surface area (Å²) in [6.07, 6.45) is 2.32. The molecule has 0 fully saturated rings. The van der Waals surface area contributed by atoms with Gasteiger partial charge < -0.3 is 15.2 Å². The molecule has 184 valence electrons. The molecule has 11 nitrogen and oxygen atoms in total. The van der Waals surface area contributed by atoms with E-state index in [0.717, 1.165) is 16.3 Å². The van der Waals surface area contributed by atoms with Crippen LogP contribution in [0.2, 0.25) is 5.02 Å². The molecule has 2 aromatic carbocycles. The van der Waals surface area contributed by atoms with Gasteiger partial charge in [0.2, 0.25) is 11.8 Å². The zero-order valence-electron chi connectivity index (χ0n) is 19.3. The van der Waals surface area contributed by atoms with E-state index in [4.69, 9.17) is 21.4 Å². The maximum absolute atomic E-state index is 13.0. The van der Waals surface area contributed by atoms with E-state index >= 15 is 0 Å². The lowest BCUT2D eigenvalue weighted by Gasteiger charge is -2.16. The predicted molar refractivity (Wildman–Crippen MR) is 133 cm³/mol. The van der Waals surface area contributed by atoms with Crippen molar-refractivity contribution in [1.29, 1.82) is 0 Å². The Morgan fingerprint density at radius 2 is 1.83 bits per heavy atom. The van der Waals surface area contributed by atoms with Gasteiger partial charge in [0.15, 0.2) is 5.69 Å². The number of nitrogens with zero attached hydrogens (tertiary/aromatic N) is 5. The lowest BCUT2D eigenvalue weighted by atomic mass is 10.2. The number of rotatable bonds is 8. The Balaban J connectivity index is 1.62. The Labute approximate surface area is 209 Å².